The third-order valence-corrected chi connectivity index (χ3v) is 3.72. The lowest BCUT2D eigenvalue weighted by Gasteiger charge is -2.08. The number of rotatable bonds is 4. The molecule has 1 aromatic carbocycles. The molecule has 5 heteroatoms. The molecule has 1 N–H and O–H groups in total. The highest BCUT2D eigenvalue weighted by Crippen LogP contribution is 2.23. The summed E-state index contributed by atoms with van der Waals surface area (Å²) in [5.74, 6) is 0. The summed E-state index contributed by atoms with van der Waals surface area (Å²) in [6.07, 6.45) is 1.87. The molecule has 0 radical (unpaired) electrons. The summed E-state index contributed by atoms with van der Waals surface area (Å²) in [4.78, 5) is 0. The van der Waals surface area contributed by atoms with Gasteiger partial charge in [0, 0.05) is 47.0 Å². The number of hydrogen-bond acceptors (Lipinski definition) is 2. The van der Waals surface area contributed by atoms with Crippen molar-refractivity contribution in [3.63, 3.8) is 0 Å². The molecule has 0 unspecified atom stereocenters. The van der Waals surface area contributed by atoms with Crippen LogP contribution in [0.4, 0.5) is 0 Å². The highest BCUT2D eigenvalue weighted by molar-refractivity contribution is 6.35. The van der Waals surface area contributed by atoms with Gasteiger partial charge in [-0.3, -0.25) is 4.68 Å². The van der Waals surface area contributed by atoms with E-state index in [1.807, 2.05) is 43.0 Å². The van der Waals surface area contributed by atoms with E-state index in [9.17, 15) is 0 Å². The molecule has 2 aromatic rings. The van der Waals surface area contributed by atoms with Gasteiger partial charge in [0.25, 0.3) is 0 Å². The van der Waals surface area contributed by atoms with Crippen molar-refractivity contribution in [1.82, 2.24) is 15.1 Å². The zero-order valence-electron chi connectivity index (χ0n) is 10.4. The average Bonchev–Trinajstić information content (AvgIpc) is 2.65. The summed E-state index contributed by atoms with van der Waals surface area (Å²) in [6.45, 7) is 3.44. The van der Waals surface area contributed by atoms with E-state index < -0.39 is 0 Å². The van der Waals surface area contributed by atoms with Crippen LogP contribution in [-0.2, 0) is 20.1 Å². The lowest BCUT2D eigenvalue weighted by molar-refractivity contribution is 0.685. The van der Waals surface area contributed by atoms with Gasteiger partial charge in [0.05, 0.1) is 6.20 Å². The Morgan fingerprint density at radius 3 is 2.44 bits per heavy atom. The molecule has 1 aromatic heterocycles. The Kier molecular flexibility index (Phi) is 4.27. The van der Waals surface area contributed by atoms with Crippen LogP contribution in [0, 0.1) is 6.92 Å². The van der Waals surface area contributed by atoms with Crippen molar-refractivity contribution in [3.05, 3.63) is 51.3 Å². The molecule has 0 fully saturated rings. The van der Waals surface area contributed by atoms with Crippen LogP contribution in [0.1, 0.15) is 16.8 Å². The monoisotopic (exact) mass is 283 g/mol. The standard InChI is InChI=1S/C13H15Cl2N3/c1-9-10(7-17-18(9)2)6-16-8-11-12(14)4-3-5-13(11)15/h3-5,7,16H,6,8H2,1-2H3. The number of aryl methyl sites for hydroxylation is 1. The fraction of sp³-hybridized carbons (Fsp3) is 0.308. The summed E-state index contributed by atoms with van der Waals surface area (Å²) in [5, 5.41) is 8.92. The molecule has 0 atom stereocenters. The summed E-state index contributed by atoms with van der Waals surface area (Å²) in [7, 11) is 1.93. The minimum atomic E-state index is 0.646. The van der Waals surface area contributed by atoms with Crippen molar-refractivity contribution in [2.75, 3.05) is 0 Å². The van der Waals surface area contributed by atoms with Gasteiger partial charge in [-0.05, 0) is 19.1 Å². The van der Waals surface area contributed by atoms with E-state index in [1.54, 1.807) is 0 Å². The average molecular weight is 284 g/mol. The van der Waals surface area contributed by atoms with Gasteiger partial charge in [0.2, 0.25) is 0 Å². The summed E-state index contributed by atoms with van der Waals surface area (Å²) >= 11 is 12.2. The molecular weight excluding hydrogens is 269 g/mol. The molecule has 0 amide bonds. The largest absolute Gasteiger partial charge is 0.308 e. The molecule has 2 rings (SSSR count). The number of halogens is 2. The fourth-order valence-electron chi connectivity index (χ4n) is 1.74. The lowest BCUT2D eigenvalue weighted by Crippen LogP contribution is -2.14. The molecule has 0 aliphatic carbocycles. The summed E-state index contributed by atoms with van der Waals surface area (Å²) < 4.78 is 1.86. The third kappa shape index (κ3) is 2.86. The van der Waals surface area contributed by atoms with Crippen LogP contribution in [-0.4, -0.2) is 9.78 Å². The highest BCUT2D eigenvalue weighted by atomic mass is 35.5. The first-order valence-electron chi connectivity index (χ1n) is 5.70. The second-order valence-corrected chi connectivity index (χ2v) is 5.00. The predicted octanol–water partition coefficient (Wildman–Crippen LogP) is 3.33. The minimum absolute atomic E-state index is 0.646. The number of nitrogens with one attached hydrogen (secondary N) is 1. The Morgan fingerprint density at radius 2 is 1.89 bits per heavy atom. The molecule has 3 nitrogen and oxygen atoms in total. The minimum Gasteiger partial charge on any atom is -0.308 e. The van der Waals surface area contributed by atoms with Gasteiger partial charge in [-0.2, -0.15) is 5.10 Å². The number of benzene rings is 1. The summed E-state index contributed by atoms with van der Waals surface area (Å²) in [6, 6.07) is 5.54. The van der Waals surface area contributed by atoms with Gasteiger partial charge >= 0.3 is 0 Å². The Hall–Kier alpha value is -1.03. The molecule has 0 aliphatic heterocycles. The lowest BCUT2D eigenvalue weighted by atomic mass is 10.2. The zero-order chi connectivity index (χ0) is 13.1. The number of aromatic nitrogens is 2. The van der Waals surface area contributed by atoms with Crippen molar-refractivity contribution >= 4 is 23.2 Å². The van der Waals surface area contributed by atoms with Crippen molar-refractivity contribution in [2.24, 2.45) is 7.05 Å². The maximum absolute atomic E-state index is 6.11. The van der Waals surface area contributed by atoms with E-state index in [1.165, 1.54) is 5.56 Å². The Balaban J connectivity index is 1.99. The molecule has 96 valence electrons. The van der Waals surface area contributed by atoms with Gasteiger partial charge < -0.3 is 5.32 Å². The quantitative estimate of drug-likeness (QED) is 0.933. The maximum atomic E-state index is 6.11. The molecule has 0 bridgehead atoms. The highest BCUT2D eigenvalue weighted by Gasteiger charge is 2.06. The number of hydrogen-bond donors (Lipinski definition) is 1. The van der Waals surface area contributed by atoms with Crippen LogP contribution in [0.15, 0.2) is 24.4 Å². The zero-order valence-corrected chi connectivity index (χ0v) is 11.9. The molecule has 0 saturated carbocycles. The van der Waals surface area contributed by atoms with Crippen LogP contribution in [0.2, 0.25) is 10.0 Å². The van der Waals surface area contributed by atoms with Crippen LogP contribution >= 0.6 is 23.2 Å². The van der Waals surface area contributed by atoms with E-state index >= 15 is 0 Å². The Labute approximate surface area is 117 Å². The normalized spacial score (nSPS) is 10.9. The van der Waals surface area contributed by atoms with Gasteiger partial charge in [0.1, 0.15) is 0 Å². The van der Waals surface area contributed by atoms with Crippen molar-refractivity contribution < 1.29 is 0 Å². The second-order valence-electron chi connectivity index (χ2n) is 4.18. The van der Waals surface area contributed by atoms with Gasteiger partial charge in [0.15, 0.2) is 0 Å². The molecule has 0 aliphatic rings. The summed E-state index contributed by atoms with van der Waals surface area (Å²) in [5.41, 5.74) is 3.27. The van der Waals surface area contributed by atoms with Crippen LogP contribution in [0.25, 0.3) is 0 Å². The van der Waals surface area contributed by atoms with Gasteiger partial charge in [-0.15, -0.1) is 0 Å². The maximum Gasteiger partial charge on any atom is 0.0537 e. The smallest absolute Gasteiger partial charge is 0.0537 e. The van der Waals surface area contributed by atoms with Crippen LogP contribution < -0.4 is 5.32 Å². The van der Waals surface area contributed by atoms with Crippen LogP contribution in [0.5, 0.6) is 0 Å². The van der Waals surface area contributed by atoms with Gasteiger partial charge in [-0.1, -0.05) is 29.3 Å². The first kappa shape index (κ1) is 13.4. The Morgan fingerprint density at radius 1 is 1.22 bits per heavy atom. The topological polar surface area (TPSA) is 29.9 Å². The van der Waals surface area contributed by atoms with Gasteiger partial charge in [-0.25, -0.2) is 0 Å². The molecule has 0 saturated heterocycles. The Bertz CT molecular complexity index is 529. The molecule has 0 spiro atoms. The van der Waals surface area contributed by atoms with Crippen molar-refractivity contribution in [2.45, 2.75) is 20.0 Å². The third-order valence-electron chi connectivity index (χ3n) is 3.02. The predicted molar refractivity (Wildman–Crippen MR) is 75.0 cm³/mol. The van der Waals surface area contributed by atoms with E-state index in [0.717, 1.165) is 17.8 Å². The molecule has 18 heavy (non-hydrogen) atoms. The first-order valence-corrected chi connectivity index (χ1v) is 6.46. The van der Waals surface area contributed by atoms with Crippen LogP contribution in [0.3, 0.4) is 0 Å². The fourth-order valence-corrected chi connectivity index (χ4v) is 2.27. The molecule has 1 heterocycles. The van der Waals surface area contributed by atoms with E-state index in [4.69, 9.17) is 23.2 Å². The molecular formula is C13H15Cl2N3. The van der Waals surface area contributed by atoms with E-state index in [2.05, 4.69) is 10.4 Å². The van der Waals surface area contributed by atoms with Crippen molar-refractivity contribution in [1.29, 1.82) is 0 Å². The first-order chi connectivity index (χ1) is 8.59. The second kappa shape index (κ2) is 5.74. The SMILES string of the molecule is Cc1c(CNCc2c(Cl)cccc2Cl)cnn1C. The van der Waals surface area contributed by atoms with E-state index in [0.29, 0.717) is 16.6 Å². The van der Waals surface area contributed by atoms with E-state index in [-0.39, 0.29) is 0 Å². The number of nitrogens with zero attached hydrogens (tertiary/aromatic N) is 2. The van der Waals surface area contributed by atoms with Crippen molar-refractivity contribution in [3.8, 4) is 0 Å².